The molecule has 2 aromatic carbocycles. The van der Waals surface area contributed by atoms with Crippen molar-refractivity contribution in [3.63, 3.8) is 0 Å². The number of nitrogens with zero attached hydrogens (tertiary/aromatic N) is 1. The Morgan fingerprint density at radius 2 is 1.63 bits per heavy atom. The summed E-state index contributed by atoms with van der Waals surface area (Å²) >= 11 is 0. The number of urea groups is 1. The Kier molecular flexibility index (Phi) is 7.26. The molecule has 3 aromatic rings. The molecule has 1 aliphatic rings. The highest BCUT2D eigenvalue weighted by molar-refractivity contribution is 6.28. The third-order valence-corrected chi connectivity index (χ3v) is 6.35. The zero-order valence-electron chi connectivity index (χ0n) is 19.5. The van der Waals surface area contributed by atoms with Crippen LogP contribution in [0.2, 0.25) is 0 Å². The number of hydrogen-bond donors (Lipinski definition) is 4. The highest BCUT2D eigenvalue weighted by Gasteiger charge is 2.41. The number of carbonyl (C=O) groups is 4. The van der Waals surface area contributed by atoms with Crippen molar-refractivity contribution >= 4 is 34.7 Å². The standard InChI is InChI=1S/C26H29N5O4/c1-16(20-15-29-21-12-6-5-9-17(20)21)22(23(32)28-14-8-2-7-13-27)30-26(35)31-24(33)18-10-3-4-11-19(18)25(31)34/h3-6,9-12,15-16,22,29H,2,7-8,13-14,27H2,1H3,(H,28,32)(H,30,35)/t16-,22?/m1/s1. The lowest BCUT2D eigenvalue weighted by Crippen LogP contribution is -2.54. The van der Waals surface area contributed by atoms with E-state index in [1.54, 1.807) is 12.1 Å². The quantitative estimate of drug-likeness (QED) is 0.279. The lowest BCUT2D eigenvalue weighted by molar-refractivity contribution is -0.123. The maximum atomic E-state index is 13.2. The molecule has 1 aromatic heterocycles. The minimum absolute atomic E-state index is 0.165. The molecule has 35 heavy (non-hydrogen) atoms. The van der Waals surface area contributed by atoms with Gasteiger partial charge in [0.2, 0.25) is 5.91 Å². The van der Waals surface area contributed by atoms with Crippen molar-refractivity contribution in [1.29, 1.82) is 0 Å². The third-order valence-electron chi connectivity index (χ3n) is 6.35. The first-order valence-electron chi connectivity index (χ1n) is 11.8. The first-order valence-corrected chi connectivity index (χ1v) is 11.8. The van der Waals surface area contributed by atoms with Crippen LogP contribution in [-0.2, 0) is 4.79 Å². The van der Waals surface area contributed by atoms with Crippen LogP contribution < -0.4 is 16.4 Å². The Labute approximate surface area is 203 Å². The number of unbranched alkanes of at least 4 members (excludes halogenated alkanes) is 2. The van der Waals surface area contributed by atoms with Crippen molar-refractivity contribution in [3.8, 4) is 0 Å². The highest BCUT2D eigenvalue weighted by atomic mass is 16.2. The summed E-state index contributed by atoms with van der Waals surface area (Å²) in [7, 11) is 0. The van der Waals surface area contributed by atoms with E-state index < -0.39 is 29.8 Å². The molecule has 0 aliphatic carbocycles. The normalized spacial score (nSPS) is 14.6. The van der Waals surface area contributed by atoms with Gasteiger partial charge < -0.3 is 21.4 Å². The van der Waals surface area contributed by atoms with Crippen LogP contribution in [0.5, 0.6) is 0 Å². The van der Waals surface area contributed by atoms with Crippen LogP contribution in [0.1, 0.15) is 58.4 Å². The molecule has 9 nitrogen and oxygen atoms in total. The zero-order chi connectivity index (χ0) is 24.9. The Morgan fingerprint density at radius 3 is 2.31 bits per heavy atom. The molecular formula is C26H29N5O4. The van der Waals surface area contributed by atoms with E-state index in [2.05, 4.69) is 15.6 Å². The van der Waals surface area contributed by atoms with Gasteiger partial charge in [-0.1, -0.05) is 43.7 Å². The molecule has 0 spiro atoms. The molecule has 2 atom stereocenters. The number of rotatable bonds is 9. The molecule has 5 amide bonds. The largest absolute Gasteiger partial charge is 0.361 e. The molecule has 0 bridgehead atoms. The second kappa shape index (κ2) is 10.5. The van der Waals surface area contributed by atoms with Gasteiger partial charge in [0.1, 0.15) is 6.04 Å². The summed E-state index contributed by atoms with van der Waals surface area (Å²) in [4.78, 5) is 55.7. The molecule has 0 radical (unpaired) electrons. The van der Waals surface area contributed by atoms with Crippen LogP contribution in [0, 0.1) is 0 Å². The van der Waals surface area contributed by atoms with Crippen molar-refractivity contribution in [3.05, 3.63) is 71.4 Å². The molecule has 5 N–H and O–H groups in total. The summed E-state index contributed by atoms with van der Waals surface area (Å²) < 4.78 is 0. The monoisotopic (exact) mass is 475 g/mol. The zero-order valence-corrected chi connectivity index (χ0v) is 19.5. The van der Waals surface area contributed by atoms with Crippen LogP contribution in [-0.4, -0.2) is 52.8 Å². The van der Waals surface area contributed by atoms with Gasteiger partial charge in [-0.3, -0.25) is 14.4 Å². The number of benzene rings is 2. The first kappa shape index (κ1) is 24.2. The van der Waals surface area contributed by atoms with Gasteiger partial charge in [0, 0.05) is 29.6 Å². The van der Waals surface area contributed by atoms with Crippen molar-refractivity contribution in [1.82, 2.24) is 20.5 Å². The molecule has 0 saturated heterocycles. The summed E-state index contributed by atoms with van der Waals surface area (Å²) in [6.45, 7) is 2.85. The number of nitrogens with one attached hydrogen (secondary N) is 3. The summed E-state index contributed by atoms with van der Waals surface area (Å²) in [6.07, 6.45) is 4.30. The predicted molar refractivity (Wildman–Crippen MR) is 132 cm³/mol. The topological polar surface area (TPSA) is 137 Å². The Morgan fingerprint density at radius 1 is 0.971 bits per heavy atom. The summed E-state index contributed by atoms with van der Waals surface area (Å²) in [5, 5.41) is 6.46. The number of nitrogens with two attached hydrogens (primary N) is 1. The molecule has 2 heterocycles. The van der Waals surface area contributed by atoms with Crippen LogP contribution in [0.4, 0.5) is 4.79 Å². The van der Waals surface area contributed by atoms with Crippen LogP contribution in [0.3, 0.4) is 0 Å². The van der Waals surface area contributed by atoms with Crippen LogP contribution in [0.15, 0.2) is 54.7 Å². The van der Waals surface area contributed by atoms with Gasteiger partial charge in [0.05, 0.1) is 11.1 Å². The van der Waals surface area contributed by atoms with E-state index >= 15 is 0 Å². The van der Waals surface area contributed by atoms with Gasteiger partial charge in [-0.2, -0.15) is 4.90 Å². The molecule has 182 valence electrons. The molecule has 1 unspecified atom stereocenters. The number of H-pyrrole nitrogens is 1. The molecule has 4 rings (SSSR count). The molecule has 0 fully saturated rings. The number of amides is 5. The number of fused-ring (bicyclic) bond motifs is 2. The van der Waals surface area contributed by atoms with E-state index in [-0.39, 0.29) is 17.0 Å². The summed E-state index contributed by atoms with van der Waals surface area (Å²) in [5.41, 5.74) is 7.60. The maximum absolute atomic E-state index is 13.2. The molecular weight excluding hydrogens is 446 g/mol. The van der Waals surface area contributed by atoms with Gasteiger partial charge in [0.15, 0.2) is 0 Å². The summed E-state index contributed by atoms with van der Waals surface area (Å²) in [5.74, 6) is -2.25. The van der Waals surface area contributed by atoms with E-state index in [0.717, 1.165) is 35.7 Å². The Balaban J connectivity index is 1.57. The average molecular weight is 476 g/mol. The van der Waals surface area contributed by atoms with E-state index in [1.165, 1.54) is 12.1 Å². The first-order chi connectivity index (χ1) is 16.9. The predicted octanol–water partition coefficient (Wildman–Crippen LogP) is 2.89. The number of hydrogen-bond acceptors (Lipinski definition) is 5. The van der Waals surface area contributed by atoms with Gasteiger partial charge in [-0.15, -0.1) is 0 Å². The lowest BCUT2D eigenvalue weighted by Gasteiger charge is -2.26. The fraction of sp³-hybridized carbons (Fsp3) is 0.308. The van der Waals surface area contributed by atoms with Crippen molar-refractivity contribution < 1.29 is 19.2 Å². The van der Waals surface area contributed by atoms with Gasteiger partial charge in [0.25, 0.3) is 11.8 Å². The fourth-order valence-electron chi connectivity index (χ4n) is 4.41. The van der Waals surface area contributed by atoms with Crippen molar-refractivity contribution in [2.24, 2.45) is 5.73 Å². The van der Waals surface area contributed by atoms with Crippen molar-refractivity contribution in [2.45, 2.75) is 38.1 Å². The lowest BCUT2D eigenvalue weighted by atomic mass is 9.92. The molecule has 9 heteroatoms. The average Bonchev–Trinajstić information content (AvgIpc) is 3.41. The number of aromatic amines is 1. The summed E-state index contributed by atoms with van der Waals surface area (Å²) in [6, 6.07) is 12.0. The van der Waals surface area contributed by atoms with Crippen molar-refractivity contribution in [2.75, 3.05) is 13.1 Å². The Bertz CT molecular complexity index is 1230. The van der Waals surface area contributed by atoms with Gasteiger partial charge in [-0.25, -0.2) is 4.79 Å². The van der Waals surface area contributed by atoms with E-state index in [4.69, 9.17) is 5.73 Å². The minimum atomic E-state index is -1.01. The van der Waals surface area contributed by atoms with Gasteiger partial charge >= 0.3 is 6.03 Å². The Hall–Kier alpha value is -3.98. The SMILES string of the molecule is C[C@H](c1c[nH]c2ccccc12)C(NC(=O)N1C(=O)c2ccccc2C1=O)C(=O)NCCCCCN. The van der Waals surface area contributed by atoms with E-state index in [0.29, 0.717) is 18.0 Å². The van der Waals surface area contributed by atoms with Gasteiger partial charge in [-0.05, 0) is 43.1 Å². The second-order valence-corrected chi connectivity index (χ2v) is 8.64. The van der Waals surface area contributed by atoms with Crippen LogP contribution in [0.25, 0.3) is 10.9 Å². The molecule has 0 saturated carbocycles. The number of aromatic nitrogens is 1. The smallest absolute Gasteiger partial charge is 0.332 e. The number of para-hydroxylation sites is 1. The minimum Gasteiger partial charge on any atom is -0.361 e. The number of imide groups is 3. The van der Waals surface area contributed by atoms with E-state index in [1.807, 2.05) is 37.4 Å². The fourth-order valence-corrected chi connectivity index (χ4v) is 4.41. The maximum Gasteiger partial charge on any atom is 0.332 e. The number of carbonyl (C=O) groups excluding carboxylic acids is 4. The molecule has 1 aliphatic heterocycles. The van der Waals surface area contributed by atoms with Crippen LogP contribution >= 0.6 is 0 Å². The third kappa shape index (κ3) is 4.81. The second-order valence-electron chi connectivity index (χ2n) is 8.64. The van der Waals surface area contributed by atoms with E-state index in [9.17, 15) is 19.2 Å². The highest BCUT2D eigenvalue weighted by Crippen LogP contribution is 2.29.